The average Bonchev–Trinajstić information content (AvgIpc) is 3.43. The number of hydrogen-bond acceptors (Lipinski definition) is 4. The Morgan fingerprint density at radius 1 is 1.03 bits per heavy atom. The molecule has 0 radical (unpaired) electrons. The van der Waals surface area contributed by atoms with Crippen molar-refractivity contribution in [3.8, 4) is 10.7 Å². The number of thiophene rings is 1. The number of aromatic nitrogens is 3. The van der Waals surface area contributed by atoms with Gasteiger partial charge in [-0.3, -0.25) is 14.5 Å². The summed E-state index contributed by atoms with van der Waals surface area (Å²) in [7, 11) is 0. The lowest BCUT2D eigenvalue weighted by Gasteiger charge is -2.27. The fourth-order valence-corrected chi connectivity index (χ4v) is 4.44. The number of nitrogens with zero attached hydrogens (tertiary/aromatic N) is 3. The molecule has 1 N–H and O–H groups in total. The van der Waals surface area contributed by atoms with Gasteiger partial charge in [0.15, 0.2) is 10.6 Å². The summed E-state index contributed by atoms with van der Waals surface area (Å²) in [6, 6.07) is 23.5. The maximum absolute atomic E-state index is 13.6. The molecule has 1 unspecified atom stereocenters. The van der Waals surface area contributed by atoms with Crippen LogP contribution in [0.1, 0.15) is 24.1 Å². The standard InChI is InChI=1S/C23H22N4OS2/c1-17(27-21(24-25-23(27)29)20-13-8-14-30-20)22(28)26(15-18-9-4-2-5-10-18)16-19-11-6-3-7-12-19/h2-14,17H,15-16H2,1H3,(H,25,29). The predicted molar refractivity (Wildman–Crippen MR) is 123 cm³/mol. The van der Waals surface area contributed by atoms with Crippen LogP contribution < -0.4 is 0 Å². The minimum Gasteiger partial charge on any atom is -0.332 e. The number of carbonyl (C=O) groups excluding carboxylic acids is 1. The zero-order valence-corrected chi connectivity index (χ0v) is 18.2. The van der Waals surface area contributed by atoms with Crippen LogP contribution >= 0.6 is 23.6 Å². The second-order valence-corrected chi connectivity index (χ2v) is 8.38. The van der Waals surface area contributed by atoms with Crippen LogP contribution in [0.5, 0.6) is 0 Å². The Morgan fingerprint density at radius 3 is 2.17 bits per heavy atom. The molecule has 0 spiro atoms. The normalized spacial score (nSPS) is 11.9. The van der Waals surface area contributed by atoms with Crippen molar-refractivity contribution >= 4 is 29.5 Å². The third-order valence-corrected chi connectivity index (χ3v) is 6.09. The highest BCUT2D eigenvalue weighted by molar-refractivity contribution is 7.71. The zero-order chi connectivity index (χ0) is 20.9. The van der Waals surface area contributed by atoms with E-state index in [0.717, 1.165) is 16.0 Å². The molecule has 5 nitrogen and oxygen atoms in total. The van der Waals surface area contributed by atoms with E-state index in [1.165, 1.54) is 0 Å². The second-order valence-electron chi connectivity index (χ2n) is 7.04. The van der Waals surface area contributed by atoms with Crippen molar-refractivity contribution in [1.82, 2.24) is 19.7 Å². The van der Waals surface area contributed by atoms with Crippen LogP contribution in [0.15, 0.2) is 78.2 Å². The SMILES string of the molecule is CC(C(=O)N(Cc1ccccc1)Cc1ccccc1)n1c(-c2cccs2)n[nH]c1=S. The van der Waals surface area contributed by atoms with E-state index in [-0.39, 0.29) is 5.91 Å². The molecule has 152 valence electrons. The Labute approximate surface area is 184 Å². The van der Waals surface area contributed by atoms with E-state index in [1.54, 1.807) is 11.3 Å². The minimum atomic E-state index is -0.485. The van der Waals surface area contributed by atoms with Crippen molar-refractivity contribution in [2.75, 3.05) is 0 Å². The number of carbonyl (C=O) groups is 1. The van der Waals surface area contributed by atoms with Gasteiger partial charge in [-0.15, -0.1) is 11.3 Å². The summed E-state index contributed by atoms with van der Waals surface area (Å²) in [4.78, 5) is 16.5. The molecule has 0 saturated carbocycles. The molecule has 0 saturated heterocycles. The van der Waals surface area contributed by atoms with E-state index >= 15 is 0 Å². The molecule has 0 aliphatic carbocycles. The molecule has 30 heavy (non-hydrogen) atoms. The Kier molecular flexibility index (Phi) is 6.21. The van der Waals surface area contributed by atoms with Crippen LogP contribution in [0.4, 0.5) is 0 Å². The number of benzene rings is 2. The van der Waals surface area contributed by atoms with Crippen LogP contribution in [-0.4, -0.2) is 25.6 Å². The number of hydrogen-bond donors (Lipinski definition) is 1. The van der Waals surface area contributed by atoms with Gasteiger partial charge in [-0.25, -0.2) is 0 Å². The molecule has 0 bridgehead atoms. The molecule has 4 aromatic rings. The number of H-pyrrole nitrogens is 1. The van der Waals surface area contributed by atoms with Gasteiger partial charge in [-0.05, 0) is 41.7 Å². The monoisotopic (exact) mass is 434 g/mol. The van der Waals surface area contributed by atoms with Gasteiger partial charge in [0, 0.05) is 13.1 Å². The molecule has 2 heterocycles. The number of aromatic amines is 1. The van der Waals surface area contributed by atoms with Crippen LogP contribution in [0.2, 0.25) is 0 Å². The average molecular weight is 435 g/mol. The maximum Gasteiger partial charge on any atom is 0.246 e. The summed E-state index contributed by atoms with van der Waals surface area (Å²) >= 11 is 7.04. The lowest BCUT2D eigenvalue weighted by molar-refractivity contribution is -0.135. The third kappa shape index (κ3) is 4.42. The van der Waals surface area contributed by atoms with E-state index in [0.29, 0.717) is 23.7 Å². The fraction of sp³-hybridized carbons (Fsp3) is 0.174. The smallest absolute Gasteiger partial charge is 0.246 e. The van der Waals surface area contributed by atoms with E-state index in [9.17, 15) is 4.79 Å². The molecule has 2 aromatic heterocycles. The van der Waals surface area contributed by atoms with Gasteiger partial charge >= 0.3 is 0 Å². The highest BCUT2D eigenvalue weighted by Gasteiger charge is 2.26. The largest absolute Gasteiger partial charge is 0.332 e. The van der Waals surface area contributed by atoms with Gasteiger partial charge in [0.05, 0.1) is 4.88 Å². The van der Waals surface area contributed by atoms with Gasteiger partial charge in [0.1, 0.15) is 6.04 Å². The topological polar surface area (TPSA) is 53.9 Å². The van der Waals surface area contributed by atoms with Crippen LogP contribution in [0, 0.1) is 4.77 Å². The van der Waals surface area contributed by atoms with Crippen LogP contribution in [0.3, 0.4) is 0 Å². The van der Waals surface area contributed by atoms with Crippen molar-refractivity contribution in [3.63, 3.8) is 0 Å². The maximum atomic E-state index is 13.6. The predicted octanol–water partition coefficient (Wildman–Crippen LogP) is 5.46. The summed E-state index contributed by atoms with van der Waals surface area (Å²) in [5, 5.41) is 9.21. The Balaban J connectivity index is 1.66. The highest BCUT2D eigenvalue weighted by atomic mass is 32.1. The third-order valence-electron chi connectivity index (χ3n) is 4.93. The Hall–Kier alpha value is -3.03. The molecule has 0 aliphatic rings. The van der Waals surface area contributed by atoms with E-state index in [1.807, 2.05) is 94.6 Å². The number of amides is 1. The van der Waals surface area contributed by atoms with Gasteiger partial charge in [-0.1, -0.05) is 66.7 Å². The number of nitrogens with one attached hydrogen (secondary N) is 1. The summed E-state index contributed by atoms with van der Waals surface area (Å²) in [5.41, 5.74) is 2.17. The molecular formula is C23H22N4OS2. The van der Waals surface area contributed by atoms with E-state index in [4.69, 9.17) is 12.2 Å². The first kappa shape index (κ1) is 20.3. The van der Waals surface area contributed by atoms with Crippen molar-refractivity contribution in [3.05, 3.63) is 94.1 Å². The lowest BCUT2D eigenvalue weighted by atomic mass is 10.1. The second kappa shape index (κ2) is 9.19. The first-order valence-corrected chi connectivity index (χ1v) is 11.0. The van der Waals surface area contributed by atoms with Crippen molar-refractivity contribution < 1.29 is 4.79 Å². The quantitative estimate of drug-likeness (QED) is 0.393. The zero-order valence-electron chi connectivity index (χ0n) is 16.6. The molecule has 0 aliphatic heterocycles. The molecule has 2 aromatic carbocycles. The van der Waals surface area contributed by atoms with Crippen molar-refractivity contribution in [1.29, 1.82) is 0 Å². The highest BCUT2D eigenvalue weighted by Crippen LogP contribution is 2.27. The van der Waals surface area contributed by atoms with Gasteiger partial charge < -0.3 is 4.90 Å². The van der Waals surface area contributed by atoms with Gasteiger partial charge in [-0.2, -0.15) is 5.10 Å². The van der Waals surface area contributed by atoms with Crippen molar-refractivity contribution in [2.24, 2.45) is 0 Å². The molecule has 1 amide bonds. The lowest BCUT2D eigenvalue weighted by Crippen LogP contribution is -2.35. The van der Waals surface area contributed by atoms with Gasteiger partial charge in [0.2, 0.25) is 5.91 Å². The summed E-state index contributed by atoms with van der Waals surface area (Å²) in [5.74, 6) is 0.688. The number of rotatable bonds is 7. The molecule has 1 atom stereocenters. The molecule has 7 heteroatoms. The summed E-state index contributed by atoms with van der Waals surface area (Å²) in [6.45, 7) is 2.94. The van der Waals surface area contributed by atoms with E-state index < -0.39 is 6.04 Å². The fourth-order valence-electron chi connectivity index (χ4n) is 3.44. The minimum absolute atomic E-state index is 0.00184. The first-order valence-electron chi connectivity index (χ1n) is 9.71. The Bertz CT molecular complexity index is 1110. The van der Waals surface area contributed by atoms with Crippen LogP contribution in [0.25, 0.3) is 10.7 Å². The Morgan fingerprint density at radius 2 is 1.63 bits per heavy atom. The van der Waals surface area contributed by atoms with Gasteiger partial charge in [0.25, 0.3) is 0 Å². The van der Waals surface area contributed by atoms with Crippen LogP contribution in [-0.2, 0) is 17.9 Å². The summed E-state index contributed by atoms with van der Waals surface area (Å²) in [6.07, 6.45) is 0. The van der Waals surface area contributed by atoms with Crippen molar-refractivity contribution in [2.45, 2.75) is 26.1 Å². The summed E-state index contributed by atoms with van der Waals surface area (Å²) < 4.78 is 2.26. The van der Waals surface area contributed by atoms with E-state index in [2.05, 4.69) is 10.2 Å². The molecular weight excluding hydrogens is 412 g/mol. The first-order chi connectivity index (χ1) is 14.6. The molecule has 4 rings (SSSR count). The molecule has 0 fully saturated rings.